The van der Waals surface area contributed by atoms with Crippen LogP contribution in [0.25, 0.3) is 10.2 Å². The van der Waals surface area contributed by atoms with E-state index in [2.05, 4.69) is 22.1 Å². The Hall–Kier alpha value is -1.66. The first-order valence-corrected chi connectivity index (χ1v) is 8.17. The fraction of sp³-hybridized carbons (Fsp3) is 0.467. The molecule has 0 bridgehead atoms. The Kier molecular flexibility index (Phi) is 4.07. The first-order chi connectivity index (χ1) is 10.2. The monoisotopic (exact) mass is 304 g/mol. The number of amides is 1. The van der Waals surface area contributed by atoms with Crippen molar-refractivity contribution in [3.63, 3.8) is 0 Å². The average Bonchev–Trinajstić information content (AvgIpc) is 3.08. The molecule has 1 aromatic carbocycles. The van der Waals surface area contributed by atoms with Gasteiger partial charge in [-0.05, 0) is 44.1 Å². The van der Waals surface area contributed by atoms with E-state index in [9.17, 15) is 4.79 Å². The summed E-state index contributed by atoms with van der Waals surface area (Å²) in [6.07, 6.45) is 2.39. The van der Waals surface area contributed by atoms with Crippen LogP contribution in [0.4, 0.5) is 5.13 Å². The Morgan fingerprint density at radius 2 is 2.43 bits per heavy atom. The predicted octanol–water partition coefficient (Wildman–Crippen LogP) is 2.09. The Morgan fingerprint density at radius 3 is 3.24 bits per heavy atom. The summed E-state index contributed by atoms with van der Waals surface area (Å²) in [6, 6.07) is 6.00. The lowest BCUT2D eigenvalue weighted by Crippen LogP contribution is -2.40. The molecule has 1 aliphatic heterocycles. The highest BCUT2D eigenvalue weighted by Crippen LogP contribution is 2.24. The van der Waals surface area contributed by atoms with Crippen molar-refractivity contribution in [3.8, 4) is 0 Å². The number of anilines is 1. The van der Waals surface area contributed by atoms with E-state index in [4.69, 9.17) is 5.73 Å². The van der Waals surface area contributed by atoms with Crippen LogP contribution in [0, 0.1) is 0 Å². The normalized spacial score (nSPS) is 19.2. The van der Waals surface area contributed by atoms with Gasteiger partial charge in [0.25, 0.3) is 5.91 Å². The number of rotatable bonds is 4. The van der Waals surface area contributed by atoms with Gasteiger partial charge < -0.3 is 11.1 Å². The summed E-state index contributed by atoms with van der Waals surface area (Å²) in [5.74, 6) is -0.0215. The van der Waals surface area contributed by atoms with Gasteiger partial charge in [0.15, 0.2) is 5.13 Å². The van der Waals surface area contributed by atoms with Crippen LogP contribution in [-0.4, -0.2) is 41.5 Å². The van der Waals surface area contributed by atoms with Crippen molar-refractivity contribution < 1.29 is 4.79 Å². The molecule has 21 heavy (non-hydrogen) atoms. The predicted molar refractivity (Wildman–Crippen MR) is 86.6 cm³/mol. The molecule has 1 saturated heterocycles. The largest absolute Gasteiger partial charge is 0.375 e. The first kappa shape index (κ1) is 14.3. The molecular weight excluding hydrogens is 284 g/mol. The van der Waals surface area contributed by atoms with Crippen LogP contribution in [0.2, 0.25) is 0 Å². The van der Waals surface area contributed by atoms with Gasteiger partial charge in [0.05, 0.1) is 10.2 Å². The van der Waals surface area contributed by atoms with Gasteiger partial charge in [0.1, 0.15) is 0 Å². The molecule has 2 heterocycles. The number of nitrogens with one attached hydrogen (secondary N) is 1. The maximum atomic E-state index is 12.3. The minimum atomic E-state index is -0.0215. The fourth-order valence-corrected chi connectivity index (χ4v) is 3.71. The van der Waals surface area contributed by atoms with Crippen molar-refractivity contribution in [1.82, 2.24) is 15.2 Å². The highest BCUT2D eigenvalue weighted by atomic mass is 32.1. The third kappa shape index (κ3) is 3.01. The quantitative estimate of drug-likeness (QED) is 0.907. The van der Waals surface area contributed by atoms with Gasteiger partial charge in [-0.25, -0.2) is 4.98 Å². The summed E-state index contributed by atoms with van der Waals surface area (Å²) >= 11 is 1.41. The van der Waals surface area contributed by atoms with Crippen LogP contribution in [0.5, 0.6) is 0 Å². The molecule has 1 fully saturated rings. The van der Waals surface area contributed by atoms with Gasteiger partial charge in [0, 0.05) is 18.2 Å². The van der Waals surface area contributed by atoms with E-state index in [0.717, 1.165) is 29.9 Å². The molecule has 3 rings (SSSR count). The number of nitrogen functional groups attached to an aromatic ring is 1. The summed E-state index contributed by atoms with van der Waals surface area (Å²) in [6.45, 7) is 5.08. The van der Waals surface area contributed by atoms with E-state index in [1.54, 1.807) is 0 Å². The lowest BCUT2D eigenvalue weighted by Gasteiger charge is -2.22. The van der Waals surface area contributed by atoms with Crippen molar-refractivity contribution in [2.75, 3.05) is 25.4 Å². The van der Waals surface area contributed by atoms with Crippen LogP contribution in [-0.2, 0) is 0 Å². The lowest BCUT2D eigenvalue weighted by molar-refractivity contribution is 0.0941. The smallest absolute Gasteiger partial charge is 0.251 e. The molecule has 5 nitrogen and oxygen atoms in total. The average molecular weight is 304 g/mol. The fourth-order valence-electron chi connectivity index (χ4n) is 2.94. The minimum absolute atomic E-state index is 0.0215. The highest BCUT2D eigenvalue weighted by molar-refractivity contribution is 7.22. The number of aromatic nitrogens is 1. The second-order valence-corrected chi connectivity index (χ2v) is 6.43. The zero-order valence-corrected chi connectivity index (χ0v) is 12.9. The van der Waals surface area contributed by atoms with Crippen molar-refractivity contribution in [3.05, 3.63) is 23.8 Å². The summed E-state index contributed by atoms with van der Waals surface area (Å²) in [5, 5.41) is 3.58. The minimum Gasteiger partial charge on any atom is -0.375 e. The molecule has 1 aromatic heterocycles. The standard InChI is InChI=1S/C15H20N4OS/c1-2-19-7-3-4-11(19)9-17-14(20)10-5-6-12-13(8-10)21-15(16)18-12/h5-6,8,11H,2-4,7,9H2,1H3,(H2,16,18)(H,17,20). The van der Waals surface area contributed by atoms with E-state index in [1.807, 2.05) is 18.2 Å². The Bertz CT molecular complexity index is 654. The molecule has 1 unspecified atom stereocenters. The SMILES string of the molecule is CCN1CCCC1CNC(=O)c1ccc2nc(N)sc2c1. The van der Waals surface area contributed by atoms with Crippen LogP contribution in [0.15, 0.2) is 18.2 Å². The van der Waals surface area contributed by atoms with Crippen molar-refractivity contribution >= 4 is 32.6 Å². The Balaban J connectivity index is 1.66. The van der Waals surface area contributed by atoms with E-state index in [1.165, 1.54) is 24.2 Å². The van der Waals surface area contributed by atoms with Crippen molar-refractivity contribution in [2.24, 2.45) is 0 Å². The van der Waals surface area contributed by atoms with Crippen molar-refractivity contribution in [1.29, 1.82) is 0 Å². The number of benzene rings is 1. The number of hydrogen-bond acceptors (Lipinski definition) is 5. The third-order valence-electron chi connectivity index (χ3n) is 4.07. The van der Waals surface area contributed by atoms with Gasteiger partial charge >= 0.3 is 0 Å². The van der Waals surface area contributed by atoms with Crippen LogP contribution in [0.3, 0.4) is 0 Å². The van der Waals surface area contributed by atoms with Gasteiger partial charge in [0.2, 0.25) is 0 Å². The highest BCUT2D eigenvalue weighted by Gasteiger charge is 2.23. The number of nitrogens with two attached hydrogens (primary N) is 1. The molecule has 0 saturated carbocycles. The van der Waals surface area contributed by atoms with E-state index >= 15 is 0 Å². The second kappa shape index (κ2) is 5.99. The number of hydrogen-bond donors (Lipinski definition) is 2. The molecular formula is C15H20N4OS. The molecule has 2 aromatic rings. The van der Waals surface area contributed by atoms with Gasteiger partial charge in [-0.2, -0.15) is 0 Å². The van der Waals surface area contributed by atoms with Crippen LogP contribution >= 0.6 is 11.3 Å². The van der Waals surface area contributed by atoms with Gasteiger partial charge in [-0.3, -0.25) is 9.69 Å². The molecule has 0 radical (unpaired) electrons. The molecule has 1 atom stereocenters. The summed E-state index contributed by atoms with van der Waals surface area (Å²) in [4.78, 5) is 18.9. The molecule has 6 heteroatoms. The molecule has 1 amide bonds. The van der Waals surface area contributed by atoms with Crippen molar-refractivity contribution in [2.45, 2.75) is 25.8 Å². The number of carbonyl (C=O) groups excluding carboxylic acids is 1. The molecule has 0 aliphatic carbocycles. The lowest BCUT2D eigenvalue weighted by atomic mass is 10.2. The molecule has 1 aliphatic rings. The number of thiazole rings is 1. The Morgan fingerprint density at radius 1 is 1.57 bits per heavy atom. The van der Waals surface area contributed by atoms with E-state index in [0.29, 0.717) is 16.7 Å². The summed E-state index contributed by atoms with van der Waals surface area (Å²) in [7, 11) is 0. The first-order valence-electron chi connectivity index (χ1n) is 7.35. The van der Waals surface area contributed by atoms with E-state index in [-0.39, 0.29) is 5.91 Å². The topological polar surface area (TPSA) is 71.2 Å². The maximum absolute atomic E-state index is 12.3. The number of fused-ring (bicyclic) bond motifs is 1. The zero-order valence-electron chi connectivity index (χ0n) is 12.1. The molecule has 3 N–H and O–H groups in total. The Labute approximate surface area is 128 Å². The summed E-state index contributed by atoms with van der Waals surface area (Å²) in [5.41, 5.74) is 7.21. The van der Waals surface area contributed by atoms with E-state index < -0.39 is 0 Å². The summed E-state index contributed by atoms with van der Waals surface area (Å²) < 4.78 is 0.955. The third-order valence-corrected chi connectivity index (χ3v) is 4.92. The van der Waals surface area contributed by atoms with Crippen LogP contribution < -0.4 is 11.1 Å². The zero-order chi connectivity index (χ0) is 14.8. The molecule has 0 spiro atoms. The molecule has 112 valence electrons. The number of carbonyl (C=O) groups is 1. The number of likely N-dealkylation sites (N-methyl/N-ethyl adjacent to an activating group) is 1. The van der Waals surface area contributed by atoms with Gasteiger partial charge in [-0.15, -0.1) is 0 Å². The number of nitrogens with zero attached hydrogens (tertiary/aromatic N) is 2. The number of likely N-dealkylation sites (tertiary alicyclic amines) is 1. The second-order valence-electron chi connectivity index (χ2n) is 5.37. The maximum Gasteiger partial charge on any atom is 0.251 e. The van der Waals surface area contributed by atoms with Crippen LogP contribution in [0.1, 0.15) is 30.1 Å². The van der Waals surface area contributed by atoms with Gasteiger partial charge in [-0.1, -0.05) is 18.3 Å².